The van der Waals surface area contributed by atoms with Crippen molar-refractivity contribution < 1.29 is 38.9 Å². The Morgan fingerprint density at radius 3 is 1.34 bits per heavy atom. The summed E-state index contributed by atoms with van der Waals surface area (Å²) < 4.78 is 101. The number of rotatable bonds is 3. The topological polar surface area (TPSA) is 189 Å². The van der Waals surface area contributed by atoms with E-state index in [0.29, 0.717) is 10.8 Å². The van der Waals surface area contributed by atoms with Crippen LogP contribution in [0.3, 0.4) is 0 Å². The van der Waals surface area contributed by atoms with E-state index in [-0.39, 0.29) is 116 Å². The molecule has 4 aromatic carbocycles. The first-order valence-electron chi connectivity index (χ1n) is 7.68. The average molecular weight is 529 g/mol. The van der Waals surface area contributed by atoms with Gasteiger partial charge in [-0.25, -0.2) is 0 Å². The van der Waals surface area contributed by atoms with Gasteiger partial charge in [0.25, 0.3) is 30.4 Å². The van der Waals surface area contributed by atoms with Crippen LogP contribution in [-0.2, 0) is 30.4 Å². The minimum absolute atomic E-state index is 0. The zero-order chi connectivity index (χ0) is 21.5. The fourth-order valence-corrected chi connectivity index (χ4v) is 7.23. The van der Waals surface area contributed by atoms with E-state index in [4.69, 9.17) is 5.73 Å². The van der Waals surface area contributed by atoms with E-state index in [9.17, 15) is 38.9 Å². The first kappa shape index (κ1) is 30.5. The molecule has 32 heavy (non-hydrogen) atoms. The number of anilines is 1. The standard InChI is InChI=1S/C16H11NO9S3.3Na.3H/c17-11-6-2-7-1-3-9-13-10(5-4-8(11)12(7)13)15(28(21,22)23)16(29(24,25)26)14(9)27(18,19)20;;;;;;/h1-6H,17H2,(H,18,19,20)(H,21,22,23)(H,24,25,26);;;;;;. The molecule has 0 saturated carbocycles. The Kier molecular flexibility index (Phi) is 9.37. The summed E-state index contributed by atoms with van der Waals surface area (Å²) in [4.78, 5) is -4.37. The van der Waals surface area contributed by atoms with Gasteiger partial charge in [0.1, 0.15) is 14.7 Å². The molecule has 0 aliphatic rings. The van der Waals surface area contributed by atoms with Gasteiger partial charge in [0.05, 0.1) is 0 Å². The van der Waals surface area contributed by atoms with Crippen LogP contribution in [0.1, 0.15) is 0 Å². The molecule has 4 aromatic rings. The van der Waals surface area contributed by atoms with Crippen LogP contribution in [0.15, 0.2) is 51.1 Å². The molecule has 10 nitrogen and oxygen atoms in total. The predicted octanol–water partition coefficient (Wildman–Crippen LogP) is -0.0392. The Balaban J connectivity index is 0.00000171. The van der Waals surface area contributed by atoms with Gasteiger partial charge in [-0.2, -0.15) is 25.3 Å². The van der Waals surface area contributed by atoms with Crippen LogP contribution >= 0.6 is 0 Å². The molecule has 4 rings (SSSR count). The summed E-state index contributed by atoms with van der Waals surface area (Å²) in [5, 5.41) is 0.395. The molecule has 0 aliphatic heterocycles. The second-order valence-corrected chi connectivity index (χ2v) is 10.4. The van der Waals surface area contributed by atoms with Gasteiger partial charge in [-0.05, 0) is 16.8 Å². The number of nitrogens with two attached hydrogens (primary N) is 1. The van der Waals surface area contributed by atoms with E-state index in [0.717, 1.165) is 12.1 Å². The summed E-state index contributed by atoms with van der Waals surface area (Å²) in [7, 11) is -16.3. The quantitative estimate of drug-likeness (QED) is 0.121. The third kappa shape index (κ3) is 4.90. The van der Waals surface area contributed by atoms with Gasteiger partial charge in [0.15, 0.2) is 0 Å². The Labute approximate surface area is 249 Å². The summed E-state index contributed by atoms with van der Waals surface area (Å²) in [6.45, 7) is 0. The molecule has 0 aliphatic carbocycles. The first-order valence-corrected chi connectivity index (χ1v) is 12.0. The molecule has 0 radical (unpaired) electrons. The average Bonchev–Trinajstić information content (AvgIpc) is 2.57. The van der Waals surface area contributed by atoms with Crippen molar-refractivity contribution in [3.8, 4) is 0 Å². The molecule has 0 spiro atoms. The van der Waals surface area contributed by atoms with Crippen LogP contribution in [0.25, 0.3) is 32.3 Å². The number of nitrogen functional groups attached to an aromatic ring is 1. The molecule has 5 N–H and O–H groups in total. The Morgan fingerprint density at radius 1 is 0.531 bits per heavy atom. The summed E-state index contributed by atoms with van der Waals surface area (Å²) in [5.74, 6) is 0. The second-order valence-electron chi connectivity index (χ2n) is 6.31. The van der Waals surface area contributed by atoms with Gasteiger partial charge < -0.3 is 5.73 Å². The Bertz CT molecular complexity index is 1630. The van der Waals surface area contributed by atoms with Gasteiger partial charge >= 0.3 is 88.7 Å². The van der Waals surface area contributed by atoms with Crippen LogP contribution in [0.5, 0.6) is 0 Å². The van der Waals surface area contributed by atoms with Crippen molar-refractivity contribution in [3.63, 3.8) is 0 Å². The first-order chi connectivity index (χ1) is 13.2. The van der Waals surface area contributed by atoms with Crippen molar-refractivity contribution in [3.05, 3.63) is 36.4 Å². The maximum atomic E-state index is 12.1. The molecule has 0 unspecified atom stereocenters. The Hall–Kier alpha value is 0.450. The molecule has 16 heteroatoms. The van der Waals surface area contributed by atoms with Crippen LogP contribution in [0.4, 0.5) is 5.69 Å². The second kappa shape index (κ2) is 9.84. The van der Waals surface area contributed by atoms with E-state index in [1.54, 1.807) is 12.1 Å². The molecular weight excluding hydrogens is 515 g/mol. The number of hydrogen-bond donors (Lipinski definition) is 4. The molecule has 0 heterocycles. The zero-order valence-corrected chi connectivity index (χ0v) is 16.5. The van der Waals surface area contributed by atoms with Crippen LogP contribution in [-0.4, -0.2) is 128 Å². The van der Waals surface area contributed by atoms with Crippen LogP contribution < -0.4 is 5.73 Å². The number of hydrogen-bond acceptors (Lipinski definition) is 7. The zero-order valence-electron chi connectivity index (χ0n) is 14.1. The summed E-state index contributed by atoms with van der Waals surface area (Å²) in [6, 6.07) is 8.22. The molecule has 158 valence electrons. The molecule has 0 saturated heterocycles. The van der Waals surface area contributed by atoms with E-state index < -0.39 is 45.0 Å². The van der Waals surface area contributed by atoms with Crippen molar-refractivity contribution in [1.82, 2.24) is 0 Å². The molecule has 0 atom stereocenters. The molecular formula is C16H14NNa3O9S3. The van der Waals surface area contributed by atoms with E-state index in [2.05, 4.69) is 0 Å². The van der Waals surface area contributed by atoms with Gasteiger partial charge in [0, 0.05) is 27.2 Å². The van der Waals surface area contributed by atoms with Crippen LogP contribution in [0.2, 0.25) is 0 Å². The molecule has 0 aromatic heterocycles. The van der Waals surface area contributed by atoms with Crippen molar-refractivity contribution in [2.75, 3.05) is 5.73 Å². The van der Waals surface area contributed by atoms with Crippen molar-refractivity contribution in [1.29, 1.82) is 0 Å². The van der Waals surface area contributed by atoms with Gasteiger partial charge in [-0.15, -0.1) is 0 Å². The monoisotopic (exact) mass is 529 g/mol. The predicted molar refractivity (Wildman–Crippen MR) is 125 cm³/mol. The molecule has 0 amide bonds. The maximum absolute atomic E-state index is 12.1. The van der Waals surface area contributed by atoms with Gasteiger partial charge in [-0.3, -0.25) is 13.7 Å². The van der Waals surface area contributed by atoms with Gasteiger partial charge in [0.2, 0.25) is 0 Å². The van der Waals surface area contributed by atoms with E-state index in [1.807, 2.05) is 0 Å². The third-order valence-corrected chi connectivity index (χ3v) is 7.68. The van der Waals surface area contributed by atoms with Gasteiger partial charge in [-0.1, -0.05) is 30.3 Å². The summed E-state index contributed by atoms with van der Waals surface area (Å²) in [5.41, 5.74) is 6.21. The van der Waals surface area contributed by atoms with E-state index >= 15 is 0 Å². The van der Waals surface area contributed by atoms with Crippen molar-refractivity contribution in [2.24, 2.45) is 0 Å². The molecule has 0 fully saturated rings. The number of benzene rings is 4. The van der Waals surface area contributed by atoms with Crippen molar-refractivity contribution >= 4 is 157 Å². The summed E-state index contributed by atoms with van der Waals surface area (Å²) >= 11 is 0. The summed E-state index contributed by atoms with van der Waals surface area (Å²) in [6.07, 6.45) is 0. The van der Waals surface area contributed by atoms with E-state index in [1.165, 1.54) is 12.1 Å². The fourth-order valence-electron chi connectivity index (χ4n) is 3.64. The van der Waals surface area contributed by atoms with Crippen molar-refractivity contribution in [2.45, 2.75) is 14.7 Å². The minimum atomic E-state index is -5.53. The SMILES string of the molecule is Nc1ccc2ccc3c(S(=O)(=O)O)c(S(=O)(=O)O)c(S(=O)(=O)O)c4ccc1c2c34.[NaH].[NaH].[NaH]. The fraction of sp³-hybridized carbons (Fsp3) is 0. The van der Waals surface area contributed by atoms with Crippen LogP contribution in [0, 0.1) is 0 Å². The third-order valence-electron chi connectivity index (χ3n) is 4.62. The molecule has 0 bridgehead atoms. The normalized spacial score (nSPS) is 12.3. The Morgan fingerprint density at radius 2 is 0.906 bits per heavy atom.